The molecule has 0 saturated carbocycles. The molecule has 1 heterocycles. The zero-order valence-electron chi connectivity index (χ0n) is 7.35. The zero-order chi connectivity index (χ0) is 10.1. The Kier molecular flexibility index (Phi) is 2.56. The van der Waals surface area contributed by atoms with E-state index in [4.69, 9.17) is 5.11 Å². The van der Waals surface area contributed by atoms with E-state index in [9.17, 15) is 4.39 Å². The molecule has 0 aliphatic heterocycles. The van der Waals surface area contributed by atoms with Crippen LogP contribution in [0.15, 0.2) is 22.8 Å². The van der Waals surface area contributed by atoms with Crippen LogP contribution >= 0.6 is 15.9 Å². The summed E-state index contributed by atoms with van der Waals surface area (Å²) in [6.45, 7) is 0.0705. The summed E-state index contributed by atoms with van der Waals surface area (Å²) in [5, 5.41) is 9.64. The topological polar surface area (TPSA) is 36.0 Å². The summed E-state index contributed by atoms with van der Waals surface area (Å²) < 4.78 is 14.1. The van der Waals surface area contributed by atoms with Crippen LogP contribution in [0, 0.1) is 5.82 Å². The number of aliphatic hydroxyl groups excluding tert-OH is 1. The first-order valence-corrected chi connectivity index (χ1v) is 5.07. The lowest BCUT2D eigenvalue weighted by Crippen LogP contribution is -1.88. The molecule has 0 unspecified atom stereocenters. The Balaban J connectivity index is 2.66. The molecule has 0 atom stereocenters. The van der Waals surface area contributed by atoms with Crippen molar-refractivity contribution in [2.45, 2.75) is 6.42 Å². The third-order valence-electron chi connectivity index (χ3n) is 2.17. The smallest absolute Gasteiger partial charge is 0.148 e. The minimum Gasteiger partial charge on any atom is -0.396 e. The second-order valence-electron chi connectivity index (χ2n) is 3.10. The summed E-state index contributed by atoms with van der Waals surface area (Å²) in [6, 6.07) is 3.27. The zero-order valence-corrected chi connectivity index (χ0v) is 8.94. The minimum atomic E-state index is -0.279. The number of hydrogen-bond acceptors (Lipinski definition) is 1. The number of nitrogens with one attached hydrogen (secondary N) is 1. The molecule has 0 aliphatic rings. The van der Waals surface area contributed by atoms with Crippen LogP contribution in [0.2, 0.25) is 0 Å². The van der Waals surface area contributed by atoms with Gasteiger partial charge < -0.3 is 10.1 Å². The number of hydrogen-bond donors (Lipinski definition) is 2. The Bertz CT molecular complexity index is 466. The van der Waals surface area contributed by atoms with E-state index in [-0.39, 0.29) is 12.4 Å². The fourth-order valence-electron chi connectivity index (χ4n) is 1.54. The van der Waals surface area contributed by atoms with E-state index in [1.54, 1.807) is 6.20 Å². The highest BCUT2D eigenvalue weighted by molar-refractivity contribution is 9.10. The molecule has 2 rings (SSSR count). The van der Waals surface area contributed by atoms with Crippen molar-refractivity contribution in [2.24, 2.45) is 0 Å². The van der Waals surface area contributed by atoms with E-state index in [0.717, 1.165) is 10.9 Å². The van der Waals surface area contributed by atoms with Crippen molar-refractivity contribution in [1.29, 1.82) is 0 Å². The molecule has 74 valence electrons. The molecule has 2 N–H and O–H groups in total. The summed E-state index contributed by atoms with van der Waals surface area (Å²) in [6.07, 6.45) is 2.27. The molecule has 2 aromatic rings. The Labute approximate surface area is 88.9 Å². The number of aliphatic hydroxyl groups is 1. The molecule has 4 heteroatoms. The van der Waals surface area contributed by atoms with E-state index in [1.807, 2.05) is 6.07 Å². The first-order chi connectivity index (χ1) is 6.72. The van der Waals surface area contributed by atoms with Crippen LogP contribution in [0.4, 0.5) is 4.39 Å². The van der Waals surface area contributed by atoms with Gasteiger partial charge in [0.25, 0.3) is 0 Å². The molecule has 0 spiro atoms. The van der Waals surface area contributed by atoms with Crippen LogP contribution in [0.1, 0.15) is 5.56 Å². The molecule has 0 amide bonds. The predicted molar refractivity (Wildman–Crippen MR) is 56.7 cm³/mol. The fourth-order valence-corrected chi connectivity index (χ4v) is 1.97. The van der Waals surface area contributed by atoms with Gasteiger partial charge in [-0.15, -0.1) is 0 Å². The molecule has 0 radical (unpaired) electrons. The molecule has 0 bridgehead atoms. The standard InChI is InChI=1S/C10H9BrFNO/c11-7-3-8-6(1-2-14)5-13-10(8)9(12)4-7/h3-5,13-14H,1-2H2. The van der Waals surface area contributed by atoms with Crippen molar-refractivity contribution < 1.29 is 9.50 Å². The van der Waals surface area contributed by atoms with Gasteiger partial charge in [0, 0.05) is 22.7 Å². The Morgan fingerprint density at radius 1 is 1.43 bits per heavy atom. The SMILES string of the molecule is OCCc1c[nH]c2c(F)cc(Br)cc12. The summed E-state index contributed by atoms with van der Waals surface area (Å²) in [5.74, 6) is -0.279. The maximum atomic E-state index is 13.4. The molecule has 14 heavy (non-hydrogen) atoms. The van der Waals surface area contributed by atoms with Crippen molar-refractivity contribution in [3.63, 3.8) is 0 Å². The van der Waals surface area contributed by atoms with Gasteiger partial charge in [0.1, 0.15) is 5.82 Å². The maximum Gasteiger partial charge on any atom is 0.148 e. The van der Waals surface area contributed by atoms with Gasteiger partial charge in [0.2, 0.25) is 0 Å². The Morgan fingerprint density at radius 3 is 2.93 bits per heavy atom. The number of halogens is 2. The monoisotopic (exact) mass is 257 g/mol. The van der Waals surface area contributed by atoms with Crippen molar-refractivity contribution in [3.8, 4) is 0 Å². The summed E-state index contributed by atoms with van der Waals surface area (Å²) in [5.41, 5.74) is 1.43. The van der Waals surface area contributed by atoms with Gasteiger partial charge in [0.05, 0.1) is 5.52 Å². The molecule has 0 fully saturated rings. The third-order valence-corrected chi connectivity index (χ3v) is 2.63. The van der Waals surface area contributed by atoms with Gasteiger partial charge in [-0.1, -0.05) is 15.9 Å². The summed E-state index contributed by atoms with van der Waals surface area (Å²) in [7, 11) is 0. The van der Waals surface area contributed by atoms with E-state index < -0.39 is 0 Å². The normalized spacial score (nSPS) is 11.1. The average molecular weight is 258 g/mol. The van der Waals surface area contributed by atoms with Gasteiger partial charge in [-0.3, -0.25) is 0 Å². The van der Waals surface area contributed by atoms with Gasteiger partial charge in [-0.25, -0.2) is 4.39 Å². The Hall–Kier alpha value is -0.870. The molecule has 1 aromatic heterocycles. The molecule has 0 aliphatic carbocycles. The van der Waals surface area contributed by atoms with Crippen LogP contribution in [0.5, 0.6) is 0 Å². The van der Waals surface area contributed by atoms with Gasteiger partial charge >= 0.3 is 0 Å². The number of aromatic nitrogens is 1. The number of H-pyrrole nitrogens is 1. The maximum absolute atomic E-state index is 13.4. The van der Waals surface area contributed by atoms with Crippen molar-refractivity contribution in [3.05, 3.63) is 34.2 Å². The van der Waals surface area contributed by atoms with Crippen LogP contribution in [-0.2, 0) is 6.42 Å². The first-order valence-electron chi connectivity index (χ1n) is 4.28. The van der Waals surface area contributed by atoms with E-state index in [2.05, 4.69) is 20.9 Å². The van der Waals surface area contributed by atoms with Crippen molar-refractivity contribution in [1.82, 2.24) is 4.98 Å². The first kappa shape index (κ1) is 9.68. The number of fused-ring (bicyclic) bond motifs is 1. The van der Waals surface area contributed by atoms with E-state index in [1.165, 1.54) is 6.07 Å². The lowest BCUT2D eigenvalue weighted by molar-refractivity contribution is 0.300. The highest BCUT2D eigenvalue weighted by Gasteiger charge is 2.08. The van der Waals surface area contributed by atoms with E-state index >= 15 is 0 Å². The lowest BCUT2D eigenvalue weighted by Gasteiger charge is -1.97. The van der Waals surface area contributed by atoms with Crippen LogP contribution in [0.25, 0.3) is 10.9 Å². The number of benzene rings is 1. The van der Waals surface area contributed by atoms with Gasteiger partial charge in [-0.2, -0.15) is 0 Å². The minimum absolute atomic E-state index is 0.0705. The predicted octanol–water partition coefficient (Wildman–Crippen LogP) is 2.60. The van der Waals surface area contributed by atoms with Crippen LogP contribution in [0.3, 0.4) is 0 Å². The largest absolute Gasteiger partial charge is 0.396 e. The van der Waals surface area contributed by atoms with Gasteiger partial charge in [0.15, 0.2) is 0 Å². The molecule has 0 saturated heterocycles. The molecular weight excluding hydrogens is 249 g/mol. The van der Waals surface area contributed by atoms with Crippen LogP contribution in [-0.4, -0.2) is 16.7 Å². The van der Waals surface area contributed by atoms with Crippen LogP contribution < -0.4 is 0 Å². The lowest BCUT2D eigenvalue weighted by atomic mass is 10.1. The fraction of sp³-hybridized carbons (Fsp3) is 0.200. The van der Waals surface area contributed by atoms with Gasteiger partial charge in [-0.05, 0) is 24.1 Å². The summed E-state index contributed by atoms with van der Waals surface area (Å²) in [4.78, 5) is 2.86. The molecule has 2 nitrogen and oxygen atoms in total. The number of aromatic amines is 1. The quantitative estimate of drug-likeness (QED) is 0.853. The third kappa shape index (κ3) is 1.55. The van der Waals surface area contributed by atoms with Crippen molar-refractivity contribution >= 4 is 26.8 Å². The second kappa shape index (κ2) is 3.71. The number of rotatable bonds is 2. The van der Waals surface area contributed by atoms with E-state index in [0.29, 0.717) is 16.4 Å². The highest BCUT2D eigenvalue weighted by atomic mass is 79.9. The Morgan fingerprint density at radius 2 is 2.21 bits per heavy atom. The average Bonchev–Trinajstić information content (AvgIpc) is 2.49. The van der Waals surface area contributed by atoms with Crippen molar-refractivity contribution in [2.75, 3.05) is 6.61 Å². The highest BCUT2D eigenvalue weighted by Crippen LogP contribution is 2.25. The second-order valence-corrected chi connectivity index (χ2v) is 4.01. The molecule has 1 aromatic carbocycles. The summed E-state index contributed by atoms with van der Waals surface area (Å²) >= 11 is 3.24. The molecular formula is C10H9BrFNO.